The van der Waals surface area contributed by atoms with Gasteiger partial charge in [-0.15, -0.1) is 0 Å². The molecule has 2 aliphatic rings. The Kier molecular flexibility index (Phi) is 5.48. The number of piperazine rings is 1. The summed E-state index contributed by atoms with van der Waals surface area (Å²) in [6, 6.07) is 0. The van der Waals surface area contributed by atoms with Crippen molar-refractivity contribution in [2.45, 2.75) is 45.6 Å². The number of carbonyl (C=O) groups excluding carboxylic acids is 1. The standard InChI is InChI=1S/C19H32N6O/c1-13(2)16-22-15-14(6-7-20-18(15)26)17(23-16)21-12-19(3,4)25-10-8-24(5)9-11-25/h13H,6-12H2,1-5H3,(H,20,26)(H,21,22,23). The SMILES string of the molecule is CC(C)c1nc(NCC(C)(C)N2CCN(C)CC2)c2c(n1)C(=O)NCC2. The van der Waals surface area contributed by atoms with Gasteiger partial charge in [-0.2, -0.15) is 0 Å². The molecule has 26 heavy (non-hydrogen) atoms. The Morgan fingerprint density at radius 1 is 1.19 bits per heavy atom. The Bertz CT molecular complexity index is 664. The van der Waals surface area contributed by atoms with E-state index in [1.54, 1.807) is 0 Å². The molecule has 0 atom stereocenters. The topological polar surface area (TPSA) is 73.4 Å². The van der Waals surface area contributed by atoms with Crippen molar-refractivity contribution < 1.29 is 4.79 Å². The highest BCUT2D eigenvalue weighted by molar-refractivity contribution is 5.96. The summed E-state index contributed by atoms with van der Waals surface area (Å²) < 4.78 is 0. The highest BCUT2D eigenvalue weighted by Gasteiger charge is 2.30. The second kappa shape index (κ2) is 7.48. The van der Waals surface area contributed by atoms with E-state index in [1.165, 1.54) is 0 Å². The summed E-state index contributed by atoms with van der Waals surface area (Å²) in [7, 11) is 2.17. The fraction of sp³-hybridized carbons (Fsp3) is 0.737. The Morgan fingerprint density at radius 3 is 2.54 bits per heavy atom. The van der Waals surface area contributed by atoms with Crippen LogP contribution < -0.4 is 10.6 Å². The normalized spacial score (nSPS) is 19.4. The summed E-state index contributed by atoms with van der Waals surface area (Å²) in [4.78, 5) is 26.4. The van der Waals surface area contributed by atoms with Gasteiger partial charge in [0.1, 0.15) is 17.3 Å². The van der Waals surface area contributed by atoms with E-state index in [0.29, 0.717) is 12.2 Å². The molecule has 3 rings (SSSR count). The van der Waals surface area contributed by atoms with Crippen molar-refractivity contribution in [3.8, 4) is 0 Å². The second-order valence-electron chi connectivity index (χ2n) is 8.37. The van der Waals surface area contributed by atoms with Crippen LogP contribution in [0.25, 0.3) is 0 Å². The molecule has 0 aromatic carbocycles. The number of rotatable bonds is 5. The third-order valence-electron chi connectivity index (χ3n) is 5.46. The van der Waals surface area contributed by atoms with Gasteiger partial charge in [0.15, 0.2) is 0 Å². The number of carbonyl (C=O) groups is 1. The van der Waals surface area contributed by atoms with Gasteiger partial charge in [0.2, 0.25) is 0 Å². The minimum Gasteiger partial charge on any atom is -0.368 e. The minimum atomic E-state index is -0.0862. The molecule has 0 bridgehead atoms. The van der Waals surface area contributed by atoms with Crippen LogP contribution in [0, 0.1) is 0 Å². The van der Waals surface area contributed by atoms with E-state index in [9.17, 15) is 4.79 Å². The molecule has 2 N–H and O–H groups in total. The van der Waals surface area contributed by atoms with Crippen molar-refractivity contribution in [2.24, 2.45) is 0 Å². The van der Waals surface area contributed by atoms with Gasteiger partial charge in [-0.05, 0) is 27.3 Å². The number of aromatic nitrogens is 2. The van der Waals surface area contributed by atoms with Crippen LogP contribution in [0.4, 0.5) is 5.82 Å². The van der Waals surface area contributed by atoms with E-state index in [4.69, 9.17) is 4.98 Å². The van der Waals surface area contributed by atoms with Crippen LogP contribution in [0.2, 0.25) is 0 Å². The summed E-state index contributed by atoms with van der Waals surface area (Å²) in [6.45, 7) is 14.4. The maximum Gasteiger partial charge on any atom is 0.270 e. The third-order valence-corrected chi connectivity index (χ3v) is 5.46. The molecule has 0 aliphatic carbocycles. The average molecular weight is 361 g/mol. The summed E-state index contributed by atoms with van der Waals surface area (Å²) in [5, 5.41) is 6.44. The number of amides is 1. The van der Waals surface area contributed by atoms with E-state index in [0.717, 1.165) is 56.4 Å². The number of hydrogen-bond donors (Lipinski definition) is 2. The molecular weight excluding hydrogens is 328 g/mol. The van der Waals surface area contributed by atoms with Gasteiger partial charge in [-0.25, -0.2) is 9.97 Å². The van der Waals surface area contributed by atoms with Gasteiger partial charge in [0.25, 0.3) is 5.91 Å². The molecule has 0 saturated carbocycles. The van der Waals surface area contributed by atoms with Gasteiger partial charge >= 0.3 is 0 Å². The first-order valence-electron chi connectivity index (χ1n) is 9.64. The molecule has 0 spiro atoms. The molecule has 2 aliphatic heterocycles. The number of hydrogen-bond acceptors (Lipinski definition) is 6. The van der Waals surface area contributed by atoms with Crippen molar-refractivity contribution in [1.82, 2.24) is 25.1 Å². The first kappa shape index (κ1) is 19.0. The van der Waals surface area contributed by atoms with Gasteiger partial charge in [-0.1, -0.05) is 13.8 Å². The molecule has 7 heteroatoms. The first-order valence-corrected chi connectivity index (χ1v) is 9.64. The molecule has 0 radical (unpaired) electrons. The molecule has 0 unspecified atom stereocenters. The molecule has 1 aromatic rings. The fourth-order valence-electron chi connectivity index (χ4n) is 3.54. The molecule has 144 valence electrons. The summed E-state index contributed by atoms with van der Waals surface area (Å²) in [6.07, 6.45) is 0.775. The molecular formula is C19H32N6O. The zero-order valence-electron chi connectivity index (χ0n) is 16.7. The predicted octanol–water partition coefficient (Wildman–Crippen LogP) is 1.32. The molecule has 1 fully saturated rings. The molecule has 1 amide bonds. The lowest BCUT2D eigenvalue weighted by Crippen LogP contribution is -2.56. The Balaban J connectivity index is 1.79. The van der Waals surface area contributed by atoms with E-state index in [-0.39, 0.29) is 17.4 Å². The maximum absolute atomic E-state index is 12.2. The lowest BCUT2D eigenvalue weighted by atomic mass is 10.0. The first-order chi connectivity index (χ1) is 12.3. The monoisotopic (exact) mass is 360 g/mol. The molecule has 3 heterocycles. The van der Waals surface area contributed by atoms with Crippen LogP contribution in [0.1, 0.15) is 55.5 Å². The van der Waals surface area contributed by atoms with E-state index in [2.05, 4.69) is 60.2 Å². The number of likely N-dealkylation sites (N-methyl/N-ethyl adjacent to an activating group) is 1. The highest BCUT2D eigenvalue weighted by atomic mass is 16.1. The second-order valence-corrected chi connectivity index (χ2v) is 8.37. The van der Waals surface area contributed by atoms with E-state index < -0.39 is 0 Å². The largest absolute Gasteiger partial charge is 0.368 e. The number of anilines is 1. The van der Waals surface area contributed by atoms with Gasteiger partial charge < -0.3 is 15.5 Å². The van der Waals surface area contributed by atoms with Gasteiger partial charge in [0, 0.05) is 56.3 Å². The predicted molar refractivity (Wildman–Crippen MR) is 104 cm³/mol. The summed E-state index contributed by atoms with van der Waals surface area (Å²) >= 11 is 0. The summed E-state index contributed by atoms with van der Waals surface area (Å²) in [5.41, 5.74) is 1.51. The molecule has 1 saturated heterocycles. The van der Waals surface area contributed by atoms with Crippen molar-refractivity contribution in [3.05, 3.63) is 17.1 Å². The summed E-state index contributed by atoms with van der Waals surface area (Å²) in [5.74, 6) is 1.65. The number of nitrogens with one attached hydrogen (secondary N) is 2. The zero-order valence-corrected chi connectivity index (χ0v) is 16.7. The minimum absolute atomic E-state index is 0.0218. The average Bonchev–Trinajstić information content (AvgIpc) is 2.60. The zero-order chi connectivity index (χ0) is 18.9. The quantitative estimate of drug-likeness (QED) is 0.825. The van der Waals surface area contributed by atoms with Crippen molar-refractivity contribution >= 4 is 11.7 Å². The number of fused-ring (bicyclic) bond motifs is 1. The highest BCUT2D eigenvalue weighted by Crippen LogP contribution is 2.25. The Morgan fingerprint density at radius 2 is 1.88 bits per heavy atom. The van der Waals surface area contributed by atoms with Gasteiger partial charge in [-0.3, -0.25) is 9.69 Å². The lowest BCUT2D eigenvalue weighted by molar-refractivity contribution is 0.0698. The lowest BCUT2D eigenvalue weighted by Gasteiger charge is -2.43. The van der Waals surface area contributed by atoms with Gasteiger partial charge in [0.05, 0.1) is 0 Å². The molecule has 1 aromatic heterocycles. The van der Waals surface area contributed by atoms with Crippen LogP contribution in [0.3, 0.4) is 0 Å². The van der Waals surface area contributed by atoms with Crippen LogP contribution in [0.5, 0.6) is 0 Å². The van der Waals surface area contributed by atoms with Crippen LogP contribution in [0.15, 0.2) is 0 Å². The maximum atomic E-state index is 12.2. The van der Waals surface area contributed by atoms with E-state index in [1.807, 2.05) is 0 Å². The third kappa shape index (κ3) is 3.99. The molecule has 7 nitrogen and oxygen atoms in total. The van der Waals surface area contributed by atoms with E-state index >= 15 is 0 Å². The fourth-order valence-corrected chi connectivity index (χ4v) is 3.54. The van der Waals surface area contributed by atoms with Crippen molar-refractivity contribution in [2.75, 3.05) is 51.6 Å². The number of nitrogens with zero attached hydrogens (tertiary/aromatic N) is 4. The van der Waals surface area contributed by atoms with Crippen LogP contribution in [-0.2, 0) is 6.42 Å². The van der Waals surface area contributed by atoms with Crippen molar-refractivity contribution in [1.29, 1.82) is 0 Å². The van der Waals surface area contributed by atoms with Crippen molar-refractivity contribution in [3.63, 3.8) is 0 Å². The Labute approximate surface area is 156 Å². The van der Waals surface area contributed by atoms with Crippen LogP contribution >= 0.6 is 0 Å². The Hall–Kier alpha value is -1.73. The van der Waals surface area contributed by atoms with Crippen LogP contribution in [-0.4, -0.2) is 77.5 Å². The smallest absolute Gasteiger partial charge is 0.270 e.